The zero-order valence-electron chi connectivity index (χ0n) is 11.9. The number of anilines is 1. The molecule has 116 valence electrons. The molecule has 0 spiro atoms. The third-order valence-electron chi connectivity index (χ3n) is 3.12. The molecule has 0 atom stereocenters. The van der Waals surface area contributed by atoms with E-state index >= 15 is 0 Å². The standard InChI is InChI=1S/C15H14BrNO4S/c1-9-6-10(2)14(8-13(9)15(18)19)22(20,21)17-12-5-3-4-11(16)7-12/h3-8,17H,1-2H3,(H,18,19). The molecule has 0 aliphatic rings. The third-order valence-corrected chi connectivity index (χ3v) is 5.14. The average Bonchev–Trinajstić information content (AvgIpc) is 2.37. The van der Waals surface area contributed by atoms with Gasteiger partial charge in [-0.05, 0) is 49.2 Å². The summed E-state index contributed by atoms with van der Waals surface area (Å²) in [6.45, 7) is 3.27. The summed E-state index contributed by atoms with van der Waals surface area (Å²) in [6, 6.07) is 9.46. The lowest BCUT2D eigenvalue weighted by Crippen LogP contribution is -2.15. The molecule has 0 radical (unpaired) electrons. The number of benzene rings is 2. The maximum Gasteiger partial charge on any atom is 0.335 e. The zero-order chi connectivity index (χ0) is 16.5. The van der Waals surface area contributed by atoms with Crippen LogP contribution in [0, 0.1) is 13.8 Å². The molecule has 2 aromatic carbocycles. The average molecular weight is 384 g/mol. The highest BCUT2D eigenvalue weighted by Crippen LogP contribution is 2.24. The fraction of sp³-hybridized carbons (Fsp3) is 0.133. The van der Waals surface area contributed by atoms with Gasteiger partial charge in [-0.3, -0.25) is 4.72 Å². The minimum absolute atomic E-state index is 0.0276. The van der Waals surface area contributed by atoms with E-state index in [9.17, 15) is 13.2 Å². The van der Waals surface area contributed by atoms with Gasteiger partial charge in [-0.15, -0.1) is 0 Å². The Bertz CT molecular complexity index is 847. The number of carbonyl (C=O) groups is 1. The second kappa shape index (κ2) is 6.10. The van der Waals surface area contributed by atoms with Crippen LogP contribution in [0.3, 0.4) is 0 Å². The lowest BCUT2D eigenvalue weighted by atomic mass is 10.1. The van der Waals surface area contributed by atoms with E-state index in [-0.39, 0.29) is 10.5 Å². The Balaban J connectivity index is 2.50. The molecule has 0 unspecified atom stereocenters. The monoisotopic (exact) mass is 383 g/mol. The van der Waals surface area contributed by atoms with E-state index in [1.807, 2.05) is 0 Å². The van der Waals surface area contributed by atoms with Crippen molar-refractivity contribution in [3.05, 3.63) is 57.6 Å². The highest BCUT2D eigenvalue weighted by molar-refractivity contribution is 9.10. The van der Waals surface area contributed by atoms with E-state index in [0.717, 1.165) is 4.47 Å². The van der Waals surface area contributed by atoms with E-state index in [1.54, 1.807) is 44.2 Å². The van der Waals surface area contributed by atoms with Gasteiger partial charge >= 0.3 is 5.97 Å². The zero-order valence-corrected chi connectivity index (χ0v) is 14.3. The number of rotatable bonds is 4. The van der Waals surface area contributed by atoms with Gasteiger partial charge in [0, 0.05) is 10.2 Å². The molecule has 2 aromatic rings. The summed E-state index contributed by atoms with van der Waals surface area (Å²) in [6.07, 6.45) is 0. The van der Waals surface area contributed by atoms with Crippen molar-refractivity contribution in [3.63, 3.8) is 0 Å². The van der Waals surface area contributed by atoms with Crippen LogP contribution in [0.4, 0.5) is 5.69 Å². The Morgan fingerprint density at radius 1 is 1.14 bits per heavy atom. The summed E-state index contributed by atoms with van der Waals surface area (Å²) in [7, 11) is -3.87. The second-order valence-corrected chi connectivity index (χ2v) is 7.42. The Morgan fingerprint density at radius 2 is 1.82 bits per heavy atom. The van der Waals surface area contributed by atoms with Gasteiger partial charge in [0.2, 0.25) is 0 Å². The molecule has 7 heteroatoms. The van der Waals surface area contributed by atoms with Crippen molar-refractivity contribution in [3.8, 4) is 0 Å². The van der Waals surface area contributed by atoms with E-state index in [1.165, 1.54) is 6.07 Å². The summed E-state index contributed by atoms with van der Waals surface area (Å²) >= 11 is 3.27. The molecule has 0 aliphatic carbocycles. The van der Waals surface area contributed by atoms with Crippen molar-refractivity contribution in [2.75, 3.05) is 4.72 Å². The predicted molar refractivity (Wildman–Crippen MR) is 87.8 cm³/mol. The first-order valence-electron chi connectivity index (χ1n) is 6.33. The number of halogens is 1. The first-order valence-corrected chi connectivity index (χ1v) is 8.61. The second-order valence-electron chi connectivity index (χ2n) is 4.85. The Morgan fingerprint density at radius 3 is 2.41 bits per heavy atom. The predicted octanol–water partition coefficient (Wildman–Crippen LogP) is 3.56. The number of sulfonamides is 1. The molecule has 0 amide bonds. The SMILES string of the molecule is Cc1cc(C)c(S(=O)(=O)Nc2cccc(Br)c2)cc1C(=O)O. The number of aryl methyl sites for hydroxylation is 2. The van der Waals surface area contributed by atoms with Crippen LogP contribution in [-0.2, 0) is 10.0 Å². The summed E-state index contributed by atoms with van der Waals surface area (Å²) < 4.78 is 28.2. The van der Waals surface area contributed by atoms with E-state index in [2.05, 4.69) is 20.7 Å². The molecule has 0 fully saturated rings. The molecule has 0 bridgehead atoms. The lowest BCUT2D eigenvalue weighted by molar-refractivity contribution is 0.0696. The number of carboxylic acid groups (broad SMARTS) is 1. The number of hydrogen-bond donors (Lipinski definition) is 2. The summed E-state index contributed by atoms with van der Waals surface area (Å²) in [5.74, 6) is -1.16. The summed E-state index contributed by atoms with van der Waals surface area (Å²) in [4.78, 5) is 11.1. The lowest BCUT2D eigenvalue weighted by Gasteiger charge is -2.13. The molecule has 2 rings (SSSR count). The molecule has 22 heavy (non-hydrogen) atoms. The first kappa shape index (κ1) is 16.5. The molecule has 2 N–H and O–H groups in total. The molecule has 0 saturated carbocycles. The normalized spacial score (nSPS) is 11.2. The molecular weight excluding hydrogens is 370 g/mol. The molecule has 0 saturated heterocycles. The van der Waals surface area contributed by atoms with Crippen LogP contribution in [0.15, 0.2) is 45.8 Å². The van der Waals surface area contributed by atoms with Crippen molar-refractivity contribution in [2.24, 2.45) is 0 Å². The van der Waals surface area contributed by atoms with Gasteiger partial charge < -0.3 is 5.11 Å². The van der Waals surface area contributed by atoms with E-state index < -0.39 is 16.0 Å². The number of nitrogens with one attached hydrogen (secondary N) is 1. The Kier molecular flexibility index (Phi) is 4.58. The smallest absolute Gasteiger partial charge is 0.335 e. The maximum atomic E-state index is 12.5. The highest BCUT2D eigenvalue weighted by Gasteiger charge is 2.20. The number of aromatic carboxylic acids is 1. The van der Waals surface area contributed by atoms with Gasteiger partial charge in [-0.25, -0.2) is 13.2 Å². The van der Waals surface area contributed by atoms with Crippen molar-refractivity contribution in [1.82, 2.24) is 0 Å². The van der Waals surface area contributed by atoms with Crippen molar-refractivity contribution < 1.29 is 18.3 Å². The van der Waals surface area contributed by atoms with Crippen LogP contribution in [0.25, 0.3) is 0 Å². The van der Waals surface area contributed by atoms with E-state index in [4.69, 9.17) is 5.11 Å². The minimum Gasteiger partial charge on any atom is -0.478 e. The van der Waals surface area contributed by atoms with Crippen LogP contribution in [0.5, 0.6) is 0 Å². The van der Waals surface area contributed by atoms with Gasteiger partial charge in [0.05, 0.1) is 10.5 Å². The Hall–Kier alpha value is -1.86. The number of hydrogen-bond acceptors (Lipinski definition) is 3. The maximum absolute atomic E-state index is 12.5. The fourth-order valence-electron chi connectivity index (χ4n) is 2.11. The van der Waals surface area contributed by atoms with Gasteiger partial charge in [0.15, 0.2) is 0 Å². The molecule has 0 aliphatic heterocycles. The third kappa shape index (κ3) is 3.48. The van der Waals surface area contributed by atoms with Crippen LogP contribution in [-0.4, -0.2) is 19.5 Å². The number of carboxylic acids is 1. The minimum atomic E-state index is -3.87. The van der Waals surface area contributed by atoms with Gasteiger partial charge in [-0.2, -0.15) is 0 Å². The van der Waals surface area contributed by atoms with Crippen molar-refractivity contribution in [1.29, 1.82) is 0 Å². The topological polar surface area (TPSA) is 83.5 Å². The quantitative estimate of drug-likeness (QED) is 0.844. The van der Waals surface area contributed by atoms with Crippen LogP contribution in [0.2, 0.25) is 0 Å². The van der Waals surface area contributed by atoms with Crippen molar-refractivity contribution in [2.45, 2.75) is 18.7 Å². The van der Waals surface area contributed by atoms with E-state index in [0.29, 0.717) is 16.8 Å². The van der Waals surface area contributed by atoms with Crippen LogP contribution in [0.1, 0.15) is 21.5 Å². The highest BCUT2D eigenvalue weighted by atomic mass is 79.9. The first-order chi connectivity index (χ1) is 10.2. The molecule has 0 aromatic heterocycles. The molecule has 5 nitrogen and oxygen atoms in total. The Labute approximate surface area is 137 Å². The van der Waals surface area contributed by atoms with Crippen molar-refractivity contribution >= 4 is 37.6 Å². The molecule has 0 heterocycles. The summed E-state index contributed by atoms with van der Waals surface area (Å²) in [5.41, 5.74) is 1.38. The van der Waals surface area contributed by atoms with Crippen LogP contribution < -0.4 is 4.72 Å². The molecular formula is C15H14BrNO4S. The van der Waals surface area contributed by atoms with Gasteiger partial charge in [0.25, 0.3) is 10.0 Å². The fourth-order valence-corrected chi connectivity index (χ4v) is 3.82. The van der Waals surface area contributed by atoms with Gasteiger partial charge in [0.1, 0.15) is 0 Å². The summed E-state index contributed by atoms with van der Waals surface area (Å²) in [5, 5.41) is 9.15. The van der Waals surface area contributed by atoms with Gasteiger partial charge in [-0.1, -0.05) is 28.1 Å². The largest absolute Gasteiger partial charge is 0.478 e. The van der Waals surface area contributed by atoms with Crippen LogP contribution >= 0.6 is 15.9 Å².